The minimum absolute atomic E-state index is 0.171. The van der Waals surface area contributed by atoms with Crippen molar-refractivity contribution in [1.29, 1.82) is 0 Å². The second kappa shape index (κ2) is 9.94. The molecule has 1 saturated heterocycles. The Balaban J connectivity index is 1.25. The number of benzene rings is 1. The van der Waals surface area contributed by atoms with Crippen molar-refractivity contribution in [2.75, 3.05) is 43.6 Å². The summed E-state index contributed by atoms with van der Waals surface area (Å²) < 4.78 is 17.0. The standard InChI is InChI=1S/C28H27N5O4/c1-35-26-4-2-3-21(31-26)17-30-20-5-6-24-19(14-20)13-18-7-8-29-27(28(18)37-24)23-15-22(16-25(34)32-23)33-9-11-36-12-10-33/h2-8,14-16,30H,9-13,17H2,1H3,(H,32,34). The van der Waals surface area contributed by atoms with Crippen LogP contribution in [-0.2, 0) is 17.7 Å². The van der Waals surface area contributed by atoms with Gasteiger partial charge in [-0.15, -0.1) is 0 Å². The number of pyridine rings is 3. The SMILES string of the molecule is COc1cccc(CNc2ccc3c(c2)Cc2ccnc(-c4cc(N5CCOCC5)cc(=O)[nH]4)c2O3)n1. The van der Waals surface area contributed by atoms with Crippen molar-refractivity contribution in [1.82, 2.24) is 15.0 Å². The number of hydrogen-bond donors (Lipinski definition) is 2. The Kier molecular flexibility index (Phi) is 6.20. The fourth-order valence-corrected chi connectivity index (χ4v) is 4.70. The van der Waals surface area contributed by atoms with Crippen molar-refractivity contribution >= 4 is 11.4 Å². The topological polar surface area (TPSA) is 102 Å². The smallest absolute Gasteiger partial charge is 0.250 e. The number of H-pyrrole nitrogens is 1. The molecule has 0 saturated carbocycles. The van der Waals surface area contributed by atoms with E-state index in [2.05, 4.69) is 31.2 Å². The van der Waals surface area contributed by atoms with Gasteiger partial charge in [-0.3, -0.25) is 9.78 Å². The average molecular weight is 498 g/mol. The number of morpholine rings is 1. The first kappa shape index (κ1) is 23.1. The van der Waals surface area contributed by atoms with Gasteiger partial charge >= 0.3 is 0 Å². The number of nitrogens with one attached hydrogen (secondary N) is 2. The lowest BCUT2D eigenvalue weighted by Gasteiger charge is -2.29. The van der Waals surface area contributed by atoms with E-state index in [0.29, 0.717) is 49.2 Å². The molecular formula is C28H27N5O4. The van der Waals surface area contributed by atoms with Crippen LogP contribution in [0.15, 0.2) is 65.6 Å². The molecule has 4 aromatic rings. The molecule has 0 radical (unpaired) electrons. The summed E-state index contributed by atoms with van der Waals surface area (Å²) in [5.74, 6) is 2.04. The third-order valence-corrected chi connectivity index (χ3v) is 6.56. The molecule has 188 valence electrons. The van der Waals surface area contributed by atoms with Gasteiger partial charge in [0.25, 0.3) is 5.56 Å². The molecule has 3 aromatic heterocycles. The van der Waals surface area contributed by atoms with Crippen LogP contribution < -0.4 is 25.2 Å². The summed E-state index contributed by atoms with van der Waals surface area (Å²) in [4.78, 5) is 26.7. The average Bonchev–Trinajstić information content (AvgIpc) is 2.95. The van der Waals surface area contributed by atoms with Crippen LogP contribution in [0.2, 0.25) is 0 Å². The van der Waals surface area contributed by atoms with Crippen LogP contribution in [0, 0.1) is 0 Å². The fraction of sp³-hybridized carbons (Fsp3) is 0.250. The molecule has 6 rings (SSSR count). The van der Waals surface area contributed by atoms with Gasteiger partial charge in [-0.05, 0) is 36.4 Å². The van der Waals surface area contributed by atoms with E-state index in [-0.39, 0.29) is 5.56 Å². The maximum Gasteiger partial charge on any atom is 0.250 e. The van der Waals surface area contributed by atoms with Crippen LogP contribution in [0.25, 0.3) is 11.4 Å². The van der Waals surface area contributed by atoms with Crippen LogP contribution in [0.5, 0.6) is 17.4 Å². The lowest BCUT2D eigenvalue weighted by molar-refractivity contribution is 0.122. The van der Waals surface area contributed by atoms with Gasteiger partial charge in [0, 0.05) is 60.3 Å². The van der Waals surface area contributed by atoms with Crippen molar-refractivity contribution < 1.29 is 14.2 Å². The number of nitrogens with zero attached hydrogens (tertiary/aromatic N) is 3. The molecule has 0 unspecified atom stereocenters. The monoisotopic (exact) mass is 497 g/mol. The second-order valence-corrected chi connectivity index (χ2v) is 8.99. The molecule has 2 N–H and O–H groups in total. The minimum atomic E-state index is -0.171. The first-order valence-corrected chi connectivity index (χ1v) is 12.3. The number of ether oxygens (including phenoxy) is 3. The van der Waals surface area contributed by atoms with E-state index in [4.69, 9.17) is 14.2 Å². The molecule has 0 aliphatic carbocycles. The van der Waals surface area contributed by atoms with Crippen molar-refractivity contribution in [3.63, 3.8) is 0 Å². The number of aromatic amines is 1. The third kappa shape index (κ3) is 4.85. The molecule has 9 heteroatoms. The zero-order valence-corrected chi connectivity index (χ0v) is 20.5. The van der Waals surface area contributed by atoms with Crippen molar-refractivity contribution in [3.05, 3.63) is 88.0 Å². The van der Waals surface area contributed by atoms with Crippen LogP contribution in [0.3, 0.4) is 0 Å². The van der Waals surface area contributed by atoms with Gasteiger partial charge < -0.3 is 29.4 Å². The zero-order valence-electron chi connectivity index (χ0n) is 20.5. The first-order valence-electron chi connectivity index (χ1n) is 12.3. The van der Waals surface area contributed by atoms with Gasteiger partial charge in [-0.2, -0.15) is 0 Å². The predicted octanol–water partition coefficient (Wildman–Crippen LogP) is 3.99. The summed E-state index contributed by atoms with van der Waals surface area (Å²) in [6.45, 7) is 3.37. The van der Waals surface area contributed by atoms with E-state index >= 15 is 0 Å². The predicted molar refractivity (Wildman–Crippen MR) is 141 cm³/mol. The Morgan fingerprint density at radius 2 is 1.97 bits per heavy atom. The van der Waals surface area contributed by atoms with Gasteiger partial charge in [0.1, 0.15) is 11.4 Å². The van der Waals surface area contributed by atoms with Gasteiger partial charge in [0.05, 0.1) is 38.3 Å². The molecule has 37 heavy (non-hydrogen) atoms. The summed E-state index contributed by atoms with van der Waals surface area (Å²) in [5, 5.41) is 3.43. The number of fused-ring (bicyclic) bond motifs is 2. The van der Waals surface area contributed by atoms with Crippen LogP contribution in [0.4, 0.5) is 11.4 Å². The molecule has 0 bridgehead atoms. The van der Waals surface area contributed by atoms with Gasteiger partial charge in [-0.1, -0.05) is 6.07 Å². The number of methoxy groups -OCH3 is 1. The quantitative estimate of drug-likeness (QED) is 0.363. The third-order valence-electron chi connectivity index (χ3n) is 6.56. The van der Waals surface area contributed by atoms with Crippen molar-refractivity contribution in [2.45, 2.75) is 13.0 Å². The number of aromatic nitrogens is 3. The fourth-order valence-electron chi connectivity index (χ4n) is 4.70. The molecule has 0 spiro atoms. The lowest BCUT2D eigenvalue weighted by Crippen LogP contribution is -2.36. The molecular weight excluding hydrogens is 470 g/mol. The Morgan fingerprint density at radius 1 is 1.08 bits per heavy atom. The van der Waals surface area contributed by atoms with Gasteiger partial charge in [0.2, 0.25) is 5.88 Å². The van der Waals surface area contributed by atoms with Crippen molar-refractivity contribution in [3.8, 4) is 28.8 Å². The number of anilines is 2. The Hall–Kier alpha value is -4.37. The van der Waals surface area contributed by atoms with Gasteiger partial charge in [-0.25, -0.2) is 4.98 Å². The van der Waals surface area contributed by atoms with Crippen LogP contribution in [-0.4, -0.2) is 48.4 Å². The summed E-state index contributed by atoms with van der Waals surface area (Å²) in [6.07, 6.45) is 2.46. The van der Waals surface area contributed by atoms with E-state index in [9.17, 15) is 4.79 Å². The number of hydrogen-bond acceptors (Lipinski definition) is 8. The molecule has 2 aliphatic rings. The highest BCUT2D eigenvalue weighted by Gasteiger charge is 2.23. The molecule has 1 fully saturated rings. The summed E-state index contributed by atoms with van der Waals surface area (Å²) in [5.41, 5.74) is 5.91. The summed E-state index contributed by atoms with van der Waals surface area (Å²) >= 11 is 0. The van der Waals surface area contributed by atoms with Crippen molar-refractivity contribution in [2.24, 2.45) is 0 Å². The molecule has 0 amide bonds. The second-order valence-electron chi connectivity index (χ2n) is 8.99. The maximum atomic E-state index is 12.5. The number of rotatable bonds is 6. The molecule has 9 nitrogen and oxygen atoms in total. The Labute approximate surface area is 214 Å². The highest BCUT2D eigenvalue weighted by atomic mass is 16.5. The maximum absolute atomic E-state index is 12.5. The summed E-state index contributed by atoms with van der Waals surface area (Å²) in [7, 11) is 1.61. The van der Waals surface area contributed by atoms with E-state index in [1.807, 2.05) is 42.5 Å². The zero-order chi connectivity index (χ0) is 25.2. The van der Waals surface area contributed by atoms with Crippen LogP contribution >= 0.6 is 0 Å². The largest absolute Gasteiger partial charge is 0.481 e. The Bertz CT molecular complexity index is 1500. The van der Waals surface area contributed by atoms with E-state index in [1.54, 1.807) is 19.4 Å². The highest BCUT2D eigenvalue weighted by Crippen LogP contribution is 2.42. The lowest BCUT2D eigenvalue weighted by atomic mass is 9.99. The first-order chi connectivity index (χ1) is 18.2. The minimum Gasteiger partial charge on any atom is -0.481 e. The van der Waals surface area contributed by atoms with E-state index < -0.39 is 0 Å². The molecule has 1 aromatic carbocycles. The molecule has 2 aliphatic heterocycles. The van der Waals surface area contributed by atoms with E-state index in [0.717, 1.165) is 47.0 Å². The van der Waals surface area contributed by atoms with Gasteiger partial charge in [0.15, 0.2) is 5.75 Å². The highest BCUT2D eigenvalue weighted by molar-refractivity contribution is 5.71. The normalized spacial score (nSPS) is 14.4. The van der Waals surface area contributed by atoms with Crippen LogP contribution in [0.1, 0.15) is 16.8 Å². The van der Waals surface area contributed by atoms with E-state index in [1.165, 1.54) is 0 Å². The molecule has 5 heterocycles. The Morgan fingerprint density at radius 3 is 2.84 bits per heavy atom. The summed E-state index contributed by atoms with van der Waals surface area (Å²) in [6, 6.07) is 17.3. The molecule has 0 atom stereocenters.